The molecule has 0 radical (unpaired) electrons. The van der Waals surface area contributed by atoms with E-state index in [1.165, 1.54) is 0 Å². The van der Waals surface area contributed by atoms with Gasteiger partial charge in [0.05, 0.1) is 21.8 Å². The van der Waals surface area contributed by atoms with Crippen LogP contribution in [0.5, 0.6) is 0 Å². The molecule has 0 bridgehead atoms. The van der Waals surface area contributed by atoms with Gasteiger partial charge in [0.15, 0.2) is 5.78 Å². The molecule has 4 rings (SSSR count). The summed E-state index contributed by atoms with van der Waals surface area (Å²) in [4.78, 5) is 26.6. The highest BCUT2D eigenvalue weighted by molar-refractivity contribution is 7.18. The molecular formula is C19H16N4OS. The average molecular weight is 348 g/mol. The van der Waals surface area contributed by atoms with E-state index in [-0.39, 0.29) is 5.78 Å². The quantitative estimate of drug-likeness (QED) is 0.519. The molecule has 0 aliphatic heterocycles. The molecule has 0 fully saturated rings. The molecule has 4 aromatic rings. The number of aromatic nitrogens is 4. The fourth-order valence-electron chi connectivity index (χ4n) is 2.93. The summed E-state index contributed by atoms with van der Waals surface area (Å²) in [5.41, 5.74) is 4.03. The van der Waals surface area contributed by atoms with Crippen molar-refractivity contribution in [3.05, 3.63) is 54.2 Å². The van der Waals surface area contributed by atoms with Crippen molar-refractivity contribution in [2.75, 3.05) is 0 Å². The Morgan fingerprint density at radius 2 is 2.08 bits per heavy atom. The summed E-state index contributed by atoms with van der Waals surface area (Å²) in [6, 6.07) is 7.92. The van der Waals surface area contributed by atoms with Gasteiger partial charge in [-0.3, -0.25) is 9.78 Å². The monoisotopic (exact) mass is 348 g/mol. The number of hydrogen-bond donors (Lipinski definition) is 0. The minimum absolute atomic E-state index is 0.0386. The molecule has 0 N–H and O–H groups in total. The summed E-state index contributed by atoms with van der Waals surface area (Å²) in [6.45, 7) is 3.52. The molecule has 0 aliphatic rings. The molecule has 0 saturated carbocycles. The fraction of sp³-hybridized carbons (Fsp3) is 0.158. The third-order valence-electron chi connectivity index (χ3n) is 4.12. The van der Waals surface area contributed by atoms with Crippen molar-refractivity contribution in [2.24, 2.45) is 7.05 Å². The van der Waals surface area contributed by atoms with Gasteiger partial charge < -0.3 is 4.57 Å². The first kappa shape index (κ1) is 15.7. The Balaban J connectivity index is 1.91. The number of carbonyl (C=O) groups is 1. The van der Waals surface area contributed by atoms with Crippen molar-refractivity contribution in [1.29, 1.82) is 0 Å². The lowest BCUT2D eigenvalue weighted by molar-refractivity contribution is 0.101. The second kappa shape index (κ2) is 5.89. The third kappa shape index (κ3) is 2.64. The molecule has 0 amide bonds. The Kier molecular flexibility index (Phi) is 3.69. The van der Waals surface area contributed by atoms with Gasteiger partial charge in [0.2, 0.25) is 0 Å². The lowest BCUT2D eigenvalue weighted by Crippen LogP contribution is -2.02. The molecule has 4 heterocycles. The van der Waals surface area contributed by atoms with Crippen molar-refractivity contribution in [1.82, 2.24) is 19.5 Å². The Bertz CT molecular complexity index is 1100. The predicted octanol–water partition coefficient (Wildman–Crippen LogP) is 4.27. The first-order valence-electron chi connectivity index (χ1n) is 7.90. The molecule has 0 unspecified atom stereocenters. The largest absolute Gasteiger partial charge is 0.349 e. The number of fused-ring (bicyclic) bond motifs is 1. The maximum absolute atomic E-state index is 12.1. The summed E-state index contributed by atoms with van der Waals surface area (Å²) in [6.07, 6.45) is 5.49. The van der Waals surface area contributed by atoms with Crippen molar-refractivity contribution < 1.29 is 4.79 Å². The Hall–Kier alpha value is -2.86. The zero-order valence-corrected chi connectivity index (χ0v) is 15.0. The number of carbonyl (C=O) groups excluding carboxylic acids is 1. The van der Waals surface area contributed by atoms with Gasteiger partial charge in [-0.2, -0.15) is 0 Å². The Labute approximate surface area is 149 Å². The lowest BCUT2D eigenvalue weighted by atomic mass is 10.1. The van der Waals surface area contributed by atoms with Crippen LogP contribution in [0.25, 0.3) is 32.0 Å². The minimum Gasteiger partial charge on any atom is -0.349 e. The van der Waals surface area contributed by atoms with E-state index in [2.05, 4.69) is 15.0 Å². The van der Waals surface area contributed by atoms with E-state index in [1.54, 1.807) is 30.7 Å². The molecule has 0 saturated heterocycles. The fourth-order valence-corrected chi connectivity index (χ4v) is 3.95. The maximum atomic E-state index is 12.1. The number of Topliss-reactive ketones (excluding diaryl/α,β-unsaturated/α-hetero) is 1. The van der Waals surface area contributed by atoms with Gasteiger partial charge >= 0.3 is 0 Å². The van der Waals surface area contributed by atoms with Gasteiger partial charge in [-0.15, -0.1) is 11.3 Å². The second-order valence-corrected chi connectivity index (χ2v) is 6.95. The van der Waals surface area contributed by atoms with E-state index in [1.807, 2.05) is 49.0 Å². The molecule has 4 aromatic heterocycles. The number of ketones is 1. The Morgan fingerprint density at radius 3 is 2.80 bits per heavy atom. The van der Waals surface area contributed by atoms with Crippen molar-refractivity contribution in [3.8, 4) is 21.1 Å². The molecule has 0 aliphatic carbocycles. The van der Waals surface area contributed by atoms with Crippen LogP contribution in [-0.2, 0) is 7.05 Å². The van der Waals surface area contributed by atoms with Crippen LogP contribution in [0.1, 0.15) is 23.1 Å². The molecule has 25 heavy (non-hydrogen) atoms. The maximum Gasteiger partial charge on any atom is 0.180 e. The van der Waals surface area contributed by atoms with Crippen LogP contribution in [0.4, 0.5) is 0 Å². The highest BCUT2D eigenvalue weighted by atomic mass is 32.1. The SMILES string of the molecule is CC(=O)c1nc(-c2sc(-c3cccnc3)nc2C)cc2ccn(C)c12. The number of thiazole rings is 1. The summed E-state index contributed by atoms with van der Waals surface area (Å²) >= 11 is 1.57. The number of hydrogen-bond acceptors (Lipinski definition) is 5. The summed E-state index contributed by atoms with van der Waals surface area (Å²) in [7, 11) is 1.93. The zero-order valence-electron chi connectivity index (χ0n) is 14.1. The summed E-state index contributed by atoms with van der Waals surface area (Å²) in [5.74, 6) is -0.0386. The molecule has 124 valence electrons. The molecule has 0 aromatic carbocycles. The van der Waals surface area contributed by atoms with Crippen LogP contribution in [0.15, 0.2) is 42.9 Å². The van der Waals surface area contributed by atoms with Gasteiger partial charge in [-0.05, 0) is 31.2 Å². The van der Waals surface area contributed by atoms with Gasteiger partial charge in [0.1, 0.15) is 10.7 Å². The van der Waals surface area contributed by atoms with Crippen molar-refractivity contribution >= 4 is 28.0 Å². The molecule has 5 nitrogen and oxygen atoms in total. The van der Waals surface area contributed by atoms with Crippen molar-refractivity contribution in [2.45, 2.75) is 13.8 Å². The smallest absolute Gasteiger partial charge is 0.180 e. The van der Waals surface area contributed by atoms with Crippen molar-refractivity contribution in [3.63, 3.8) is 0 Å². The van der Waals surface area contributed by atoms with E-state index >= 15 is 0 Å². The average Bonchev–Trinajstić information content (AvgIpc) is 3.18. The lowest BCUT2D eigenvalue weighted by Gasteiger charge is -2.06. The van der Waals surface area contributed by atoms with E-state index in [4.69, 9.17) is 0 Å². The number of rotatable bonds is 3. The first-order valence-corrected chi connectivity index (χ1v) is 8.71. The third-order valence-corrected chi connectivity index (χ3v) is 5.35. The van der Waals surface area contributed by atoms with Crippen LogP contribution in [0.3, 0.4) is 0 Å². The van der Waals surface area contributed by atoms with E-state index in [0.29, 0.717) is 5.69 Å². The first-order chi connectivity index (χ1) is 12.0. The van der Waals surface area contributed by atoms with E-state index in [9.17, 15) is 4.79 Å². The van der Waals surface area contributed by atoms with Gasteiger partial charge in [0, 0.05) is 43.5 Å². The molecule has 0 spiro atoms. The van der Waals surface area contributed by atoms with Crippen LogP contribution in [0, 0.1) is 6.92 Å². The summed E-state index contributed by atoms with van der Waals surface area (Å²) < 4.78 is 1.93. The van der Waals surface area contributed by atoms with Crippen LogP contribution in [-0.4, -0.2) is 25.3 Å². The number of aryl methyl sites for hydroxylation is 2. The summed E-state index contributed by atoms with van der Waals surface area (Å²) in [5, 5.41) is 1.91. The normalized spacial score (nSPS) is 11.2. The topological polar surface area (TPSA) is 60.7 Å². The highest BCUT2D eigenvalue weighted by Crippen LogP contribution is 2.35. The minimum atomic E-state index is -0.0386. The van der Waals surface area contributed by atoms with Crippen LogP contribution < -0.4 is 0 Å². The van der Waals surface area contributed by atoms with Gasteiger partial charge in [0.25, 0.3) is 0 Å². The van der Waals surface area contributed by atoms with Gasteiger partial charge in [-0.25, -0.2) is 9.97 Å². The van der Waals surface area contributed by atoms with Crippen LogP contribution >= 0.6 is 11.3 Å². The van der Waals surface area contributed by atoms with Gasteiger partial charge in [-0.1, -0.05) is 0 Å². The second-order valence-electron chi connectivity index (χ2n) is 5.95. The number of nitrogens with zero attached hydrogens (tertiary/aromatic N) is 4. The molecule has 6 heteroatoms. The highest BCUT2D eigenvalue weighted by Gasteiger charge is 2.18. The molecular weight excluding hydrogens is 332 g/mol. The Morgan fingerprint density at radius 1 is 1.24 bits per heavy atom. The predicted molar refractivity (Wildman–Crippen MR) is 99.8 cm³/mol. The van der Waals surface area contributed by atoms with Crippen LogP contribution in [0.2, 0.25) is 0 Å². The zero-order chi connectivity index (χ0) is 17.6. The number of pyridine rings is 2. The standard InChI is InChI=1S/C19H16N4OS/c1-11-18(25-19(21-11)14-5-4-7-20-10-14)15-9-13-6-8-23(3)17(13)16(22-15)12(2)24/h4-10H,1-3H3. The van der Waals surface area contributed by atoms with E-state index in [0.717, 1.165) is 37.7 Å². The molecule has 0 atom stereocenters. The van der Waals surface area contributed by atoms with E-state index < -0.39 is 0 Å².